The maximum absolute atomic E-state index is 6.50. The quantitative estimate of drug-likeness (QED) is 0.348. The van der Waals surface area contributed by atoms with Gasteiger partial charge in [-0.3, -0.25) is 0 Å². The number of halogens is 2. The molecule has 0 aliphatic heterocycles. The molecule has 7 heteroatoms. The molecule has 5 nitrogen and oxygen atoms in total. The van der Waals surface area contributed by atoms with Crippen LogP contribution in [0.1, 0.15) is 16.7 Å². The lowest BCUT2D eigenvalue weighted by Gasteiger charge is -2.15. The van der Waals surface area contributed by atoms with E-state index < -0.39 is 0 Å². The summed E-state index contributed by atoms with van der Waals surface area (Å²) in [6, 6.07) is 17.3. The van der Waals surface area contributed by atoms with Crippen LogP contribution in [0.25, 0.3) is 0 Å². The highest BCUT2D eigenvalue weighted by Crippen LogP contribution is 2.37. The number of rotatable bonds is 11. The zero-order valence-electron chi connectivity index (χ0n) is 18.4. The van der Waals surface area contributed by atoms with Crippen LogP contribution >= 0.6 is 23.2 Å². The lowest BCUT2D eigenvalue weighted by molar-refractivity contribution is 0.284. The van der Waals surface area contributed by atoms with Crippen molar-refractivity contribution in [3.63, 3.8) is 0 Å². The second-order valence-corrected chi connectivity index (χ2v) is 7.92. The van der Waals surface area contributed by atoms with E-state index in [-0.39, 0.29) is 0 Å². The minimum Gasteiger partial charge on any atom is -0.493 e. The van der Waals surface area contributed by atoms with E-state index in [1.807, 2.05) is 54.6 Å². The topological polar surface area (TPSA) is 49.0 Å². The molecule has 3 aromatic rings. The second-order valence-electron chi connectivity index (χ2n) is 7.11. The molecule has 0 atom stereocenters. The van der Waals surface area contributed by atoms with Crippen LogP contribution in [-0.2, 0) is 19.6 Å². The summed E-state index contributed by atoms with van der Waals surface area (Å²) >= 11 is 12.7. The van der Waals surface area contributed by atoms with Crippen LogP contribution in [0.2, 0.25) is 10.0 Å². The Hall–Kier alpha value is -2.60. The van der Waals surface area contributed by atoms with Gasteiger partial charge in [-0.15, -0.1) is 0 Å². The molecule has 3 aromatic carbocycles. The first-order valence-corrected chi connectivity index (χ1v) is 11.0. The Balaban J connectivity index is 1.58. The zero-order valence-corrected chi connectivity index (χ0v) is 19.9. The summed E-state index contributed by atoms with van der Waals surface area (Å²) in [7, 11) is 4.87. The minimum atomic E-state index is 0.304. The average Bonchev–Trinajstić information content (AvgIpc) is 2.81. The molecule has 0 spiro atoms. The van der Waals surface area contributed by atoms with Gasteiger partial charge in [0, 0.05) is 17.1 Å². The molecule has 0 amide bonds. The standard InChI is InChI=1S/C25H27Cl2NO4/c1-29-22-9-8-17(13-23(22)30-2)10-11-28-15-18-12-21(27)25(24(14-18)31-3)32-16-19-6-4-5-7-20(19)26/h4-9,12-14,28H,10-11,15-16H2,1-3H3. The lowest BCUT2D eigenvalue weighted by Crippen LogP contribution is -2.17. The van der Waals surface area contributed by atoms with Crippen LogP contribution in [0, 0.1) is 0 Å². The Kier molecular flexibility index (Phi) is 8.91. The fraction of sp³-hybridized carbons (Fsp3) is 0.280. The Morgan fingerprint density at radius 3 is 2.19 bits per heavy atom. The molecule has 0 aliphatic rings. The number of nitrogens with one attached hydrogen (secondary N) is 1. The van der Waals surface area contributed by atoms with E-state index in [4.69, 9.17) is 42.1 Å². The van der Waals surface area contributed by atoms with E-state index in [0.29, 0.717) is 34.7 Å². The van der Waals surface area contributed by atoms with E-state index in [0.717, 1.165) is 41.2 Å². The molecule has 32 heavy (non-hydrogen) atoms. The van der Waals surface area contributed by atoms with Gasteiger partial charge in [-0.2, -0.15) is 0 Å². The van der Waals surface area contributed by atoms with Crippen LogP contribution in [0.5, 0.6) is 23.0 Å². The summed E-state index contributed by atoms with van der Waals surface area (Å²) in [6.07, 6.45) is 0.851. The first-order valence-electron chi connectivity index (χ1n) is 10.2. The number of methoxy groups -OCH3 is 3. The van der Waals surface area contributed by atoms with Crippen LogP contribution in [0.15, 0.2) is 54.6 Å². The molecule has 1 N–H and O–H groups in total. The predicted octanol–water partition coefficient (Wildman–Crippen LogP) is 5.93. The molecule has 0 aliphatic carbocycles. The zero-order chi connectivity index (χ0) is 22.9. The molecule has 0 unspecified atom stereocenters. The first kappa shape index (κ1) is 24.1. The molecule has 170 valence electrons. The van der Waals surface area contributed by atoms with Crippen molar-refractivity contribution in [2.75, 3.05) is 27.9 Å². The van der Waals surface area contributed by atoms with Crippen molar-refractivity contribution < 1.29 is 18.9 Å². The summed E-state index contributed by atoms with van der Waals surface area (Å²) in [5.41, 5.74) is 3.05. The van der Waals surface area contributed by atoms with Gasteiger partial charge in [-0.1, -0.05) is 47.5 Å². The van der Waals surface area contributed by atoms with Crippen LogP contribution in [0.4, 0.5) is 0 Å². The van der Waals surface area contributed by atoms with Gasteiger partial charge in [0.25, 0.3) is 0 Å². The molecule has 3 rings (SSSR count). The number of hydrogen-bond donors (Lipinski definition) is 1. The lowest BCUT2D eigenvalue weighted by atomic mass is 10.1. The SMILES string of the molecule is COc1ccc(CCNCc2cc(Cl)c(OCc3ccccc3Cl)c(OC)c2)cc1OC. The van der Waals surface area contributed by atoms with E-state index in [2.05, 4.69) is 5.32 Å². The van der Waals surface area contributed by atoms with Gasteiger partial charge in [0.1, 0.15) is 6.61 Å². The summed E-state index contributed by atoms with van der Waals surface area (Å²) in [6.45, 7) is 1.74. The third-order valence-corrected chi connectivity index (χ3v) is 5.64. The van der Waals surface area contributed by atoms with Gasteiger partial charge in [0.2, 0.25) is 0 Å². The first-order chi connectivity index (χ1) is 15.5. The predicted molar refractivity (Wildman–Crippen MR) is 129 cm³/mol. The largest absolute Gasteiger partial charge is 0.493 e. The van der Waals surface area contributed by atoms with Crippen molar-refractivity contribution in [2.24, 2.45) is 0 Å². The number of ether oxygens (including phenoxy) is 4. The third kappa shape index (κ3) is 6.22. The Bertz CT molecular complexity index is 1040. The van der Waals surface area contributed by atoms with Gasteiger partial charge in [-0.05, 0) is 54.4 Å². The maximum Gasteiger partial charge on any atom is 0.180 e. The fourth-order valence-electron chi connectivity index (χ4n) is 3.28. The molecular formula is C25H27Cl2NO4. The highest BCUT2D eigenvalue weighted by molar-refractivity contribution is 6.32. The monoisotopic (exact) mass is 475 g/mol. The average molecular weight is 476 g/mol. The Labute approximate surface area is 199 Å². The normalized spacial score (nSPS) is 10.7. The van der Waals surface area contributed by atoms with Crippen molar-refractivity contribution in [3.05, 3.63) is 81.3 Å². The second kappa shape index (κ2) is 11.9. The molecule has 0 saturated heterocycles. The van der Waals surface area contributed by atoms with E-state index in [1.54, 1.807) is 21.3 Å². The molecule has 0 fully saturated rings. The van der Waals surface area contributed by atoms with Gasteiger partial charge < -0.3 is 24.3 Å². The van der Waals surface area contributed by atoms with Crippen LogP contribution in [-0.4, -0.2) is 27.9 Å². The molecule has 0 saturated carbocycles. The van der Waals surface area contributed by atoms with Crippen molar-refractivity contribution in [2.45, 2.75) is 19.6 Å². The van der Waals surface area contributed by atoms with Crippen LogP contribution < -0.4 is 24.3 Å². The molecule has 0 heterocycles. The van der Waals surface area contributed by atoms with E-state index in [1.165, 1.54) is 0 Å². The van der Waals surface area contributed by atoms with Crippen LogP contribution in [0.3, 0.4) is 0 Å². The number of benzene rings is 3. The molecule has 0 radical (unpaired) electrons. The summed E-state index contributed by atoms with van der Waals surface area (Å²) < 4.78 is 22.1. The van der Waals surface area contributed by atoms with E-state index >= 15 is 0 Å². The van der Waals surface area contributed by atoms with Gasteiger partial charge in [-0.25, -0.2) is 0 Å². The van der Waals surface area contributed by atoms with Crippen molar-refractivity contribution in [1.82, 2.24) is 5.32 Å². The van der Waals surface area contributed by atoms with E-state index in [9.17, 15) is 0 Å². The van der Waals surface area contributed by atoms with Crippen molar-refractivity contribution >= 4 is 23.2 Å². The Morgan fingerprint density at radius 1 is 0.750 bits per heavy atom. The fourth-order valence-corrected chi connectivity index (χ4v) is 3.76. The van der Waals surface area contributed by atoms with Crippen molar-refractivity contribution in [3.8, 4) is 23.0 Å². The van der Waals surface area contributed by atoms with Crippen molar-refractivity contribution in [1.29, 1.82) is 0 Å². The summed E-state index contributed by atoms with van der Waals surface area (Å²) in [5, 5.41) is 4.58. The third-order valence-electron chi connectivity index (χ3n) is 4.99. The Morgan fingerprint density at radius 2 is 1.47 bits per heavy atom. The van der Waals surface area contributed by atoms with Gasteiger partial charge in [0.05, 0.1) is 26.4 Å². The highest BCUT2D eigenvalue weighted by atomic mass is 35.5. The highest BCUT2D eigenvalue weighted by Gasteiger charge is 2.13. The van der Waals surface area contributed by atoms with Gasteiger partial charge >= 0.3 is 0 Å². The number of hydrogen-bond acceptors (Lipinski definition) is 5. The summed E-state index contributed by atoms with van der Waals surface area (Å²) in [4.78, 5) is 0. The maximum atomic E-state index is 6.50. The smallest absolute Gasteiger partial charge is 0.180 e. The molecule has 0 aromatic heterocycles. The molecular weight excluding hydrogens is 449 g/mol. The minimum absolute atomic E-state index is 0.304. The summed E-state index contributed by atoms with van der Waals surface area (Å²) in [5.74, 6) is 2.54. The van der Waals surface area contributed by atoms with Gasteiger partial charge in [0.15, 0.2) is 23.0 Å². The molecule has 0 bridgehead atoms.